The van der Waals surface area contributed by atoms with Crippen LogP contribution in [0.25, 0.3) is 22.4 Å². The molecule has 136 valence electrons. The summed E-state index contributed by atoms with van der Waals surface area (Å²) in [4.78, 5) is 4.44. The van der Waals surface area contributed by atoms with Gasteiger partial charge in [-0.2, -0.15) is 5.26 Å². The maximum absolute atomic E-state index is 9.61. The summed E-state index contributed by atoms with van der Waals surface area (Å²) in [7, 11) is 3.18. The number of hydrogen-bond donors (Lipinski definition) is 1. The minimum Gasteiger partial charge on any atom is -0.493 e. The highest BCUT2D eigenvalue weighted by molar-refractivity contribution is 5.82. The van der Waals surface area contributed by atoms with E-state index in [1.807, 2.05) is 50.2 Å². The molecule has 1 aromatic heterocycles. The van der Waals surface area contributed by atoms with E-state index in [0.29, 0.717) is 22.8 Å². The van der Waals surface area contributed by atoms with Crippen molar-refractivity contribution >= 4 is 5.82 Å². The van der Waals surface area contributed by atoms with Crippen LogP contribution in [-0.4, -0.2) is 19.2 Å². The number of hydrogen-bond acceptors (Lipinski definition) is 5. The smallest absolute Gasteiger partial charge is 0.161 e. The van der Waals surface area contributed by atoms with E-state index in [2.05, 4.69) is 17.1 Å². The van der Waals surface area contributed by atoms with Crippen molar-refractivity contribution in [3.05, 3.63) is 59.2 Å². The molecule has 0 aliphatic carbocycles. The molecule has 0 aliphatic rings. The maximum Gasteiger partial charge on any atom is 0.161 e. The lowest BCUT2D eigenvalue weighted by Crippen LogP contribution is -2.01. The Balaban J connectivity index is 2.23. The van der Waals surface area contributed by atoms with Gasteiger partial charge in [0.2, 0.25) is 0 Å². The van der Waals surface area contributed by atoms with Crippen molar-refractivity contribution in [3.63, 3.8) is 0 Å². The first-order valence-corrected chi connectivity index (χ1v) is 8.49. The molecule has 0 spiro atoms. The quantitative estimate of drug-likeness (QED) is 0.741. The van der Waals surface area contributed by atoms with Gasteiger partial charge in [0, 0.05) is 11.1 Å². The van der Waals surface area contributed by atoms with E-state index in [1.54, 1.807) is 14.2 Å². The number of nitriles is 1. The second-order valence-corrected chi connectivity index (χ2v) is 6.32. The number of benzene rings is 2. The second kappa shape index (κ2) is 7.38. The van der Waals surface area contributed by atoms with Crippen LogP contribution in [0.2, 0.25) is 0 Å². The Morgan fingerprint density at radius 2 is 1.67 bits per heavy atom. The monoisotopic (exact) mass is 359 g/mol. The lowest BCUT2D eigenvalue weighted by atomic mass is 9.94. The fourth-order valence-corrected chi connectivity index (χ4v) is 3.15. The summed E-state index contributed by atoms with van der Waals surface area (Å²) < 4.78 is 10.7. The summed E-state index contributed by atoms with van der Waals surface area (Å²) in [5.41, 5.74) is 12.0. The Morgan fingerprint density at radius 3 is 2.30 bits per heavy atom. The van der Waals surface area contributed by atoms with E-state index in [1.165, 1.54) is 0 Å². The second-order valence-electron chi connectivity index (χ2n) is 6.32. The Bertz CT molecular complexity index is 1050. The molecule has 0 bridgehead atoms. The molecule has 0 saturated carbocycles. The Kier molecular flexibility index (Phi) is 5.00. The number of anilines is 1. The molecule has 3 aromatic rings. The van der Waals surface area contributed by atoms with E-state index in [-0.39, 0.29) is 5.82 Å². The van der Waals surface area contributed by atoms with Gasteiger partial charge in [0.1, 0.15) is 17.5 Å². The van der Waals surface area contributed by atoms with Crippen LogP contribution in [0.3, 0.4) is 0 Å². The zero-order valence-corrected chi connectivity index (χ0v) is 15.8. The first kappa shape index (κ1) is 18.3. The van der Waals surface area contributed by atoms with Crippen LogP contribution < -0.4 is 15.2 Å². The van der Waals surface area contributed by atoms with Gasteiger partial charge in [-0.3, -0.25) is 0 Å². The molecule has 0 saturated heterocycles. The van der Waals surface area contributed by atoms with E-state index < -0.39 is 0 Å². The summed E-state index contributed by atoms with van der Waals surface area (Å²) in [6.45, 7) is 4.06. The van der Waals surface area contributed by atoms with E-state index >= 15 is 0 Å². The number of nitrogens with zero attached hydrogens (tertiary/aromatic N) is 2. The highest BCUT2D eigenvalue weighted by atomic mass is 16.5. The number of nitrogens with two attached hydrogens (primary N) is 1. The molecular formula is C22H21N3O2. The van der Waals surface area contributed by atoms with Gasteiger partial charge in [-0.05, 0) is 49.2 Å². The third-order valence-electron chi connectivity index (χ3n) is 4.51. The van der Waals surface area contributed by atoms with Crippen LogP contribution in [0.1, 0.15) is 16.7 Å². The molecule has 0 unspecified atom stereocenters. The van der Waals surface area contributed by atoms with Crippen LogP contribution in [0, 0.1) is 25.2 Å². The van der Waals surface area contributed by atoms with Gasteiger partial charge < -0.3 is 15.2 Å². The van der Waals surface area contributed by atoms with Crippen molar-refractivity contribution in [2.75, 3.05) is 20.0 Å². The summed E-state index contributed by atoms with van der Waals surface area (Å²) in [5.74, 6) is 1.45. The summed E-state index contributed by atoms with van der Waals surface area (Å²) in [6.07, 6.45) is 0. The van der Waals surface area contributed by atoms with E-state index in [0.717, 1.165) is 27.8 Å². The molecule has 5 nitrogen and oxygen atoms in total. The van der Waals surface area contributed by atoms with Gasteiger partial charge in [-0.15, -0.1) is 0 Å². The topological polar surface area (TPSA) is 81.2 Å². The van der Waals surface area contributed by atoms with Crippen LogP contribution in [0.4, 0.5) is 5.82 Å². The molecule has 0 amide bonds. The van der Waals surface area contributed by atoms with Crippen molar-refractivity contribution < 1.29 is 9.47 Å². The fraction of sp³-hybridized carbons (Fsp3) is 0.182. The van der Waals surface area contributed by atoms with Crippen LogP contribution in [-0.2, 0) is 0 Å². The largest absolute Gasteiger partial charge is 0.493 e. The predicted octanol–water partition coefficient (Wildman–Crippen LogP) is 4.50. The number of aromatic nitrogens is 1. The Labute approximate surface area is 159 Å². The molecule has 2 N–H and O–H groups in total. The van der Waals surface area contributed by atoms with Crippen LogP contribution in [0.5, 0.6) is 11.5 Å². The van der Waals surface area contributed by atoms with Crippen LogP contribution >= 0.6 is 0 Å². The zero-order valence-electron chi connectivity index (χ0n) is 15.8. The first-order valence-electron chi connectivity index (χ1n) is 8.49. The standard InChI is InChI=1S/C22H21N3O2/c1-13-5-7-16(14(2)9-13)17-11-19(25-22(24)18(17)12-23)15-6-8-20(26-3)21(10-15)27-4/h5-11H,1-4H3,(H2,24,25). The van der Waals surface area contributed by atoms with Gasteiger partial charge in [0.05, 0.1) is 19.9 Å². The average molecular weight is 359 g/mol. The molecule has 1 heterocycles. The third kappa shape index (κ3) is 3.42. The number of pyridine rings is 1. The first-order chi connectivity index (χ1) is 13.0. The highest BCUT2D eigenvalue weighted by Crippen LogP contribution is 2.36. The number of nitrogen functional groups attached to an aromatic ring is 1. The Morgan fingerprint density at radius 1 is 0.926 bits per heavy atom. The Hall–Kier alpha value is -3.52. The maximum atomic E-state index is 9.61. The van der Waals surface area contributed by atoms with Crippen molar-refractivity contribution in [3.8, 4) is 40.0 Å². The van der Waals surface area contributed by atoms with E-state index in [9.17, 15) is 5.26 Å². The third-order valence-corrected chi connectivity index (χ3v) is 4.51. The van der Waals surface area contributed by atoms with Crippen LogP contribution in [0.15, 0.2) is 42.5 Å². The van der Waals surface area contributed by atoms with Crippen molar-refractivity contribution in [2.24, 2.45) is 0 Å². The highest BCUT2D eigenvalue weighted by Gasteiger charge is 2.16. The SMILES string of the molecule is COc1ccc(-c2cc(-c3ccc(C)cc3C)c(C#N)c(N)n2)cc1OC. The minimum atomic E-state index is 0.208. The van der Waals surface area contributed by atoms with Gasteiger partial charge in [0.25, 0.3) is 0 Å². The number of methoxy groups -OCH3 is 2. The van der Waals surface area contributed by atoms with E-state index in [4.69, 9.17) is 15.2 Å². The number of rotatable bonds is 4. The number of ether oxygens (including phenoxy) is 2. The van der Waals surface area contributed by atoms with Gasteiger partial charge >= 0.3 is 0 Å². The lowest BCUT2D eigenvalue weighted by Gasteiger charge is -2.14. The summed E-state index contributed by atoms with van der Waals surface area (Å²) >= 11 is 0. The van der Waals surface area contributed by atoms with Gasteiger partial charge in [-0.1, -0.05) is 23.8 Å². The average Bonchev–Trinajstić information content (AvgIpc) is 2.66. The molecule has 0 fully saturated rings. The molecule has 2 aromatic carbocycles. The molecular weight excluding hydrogens is 338 g/mol. The molecule has 5 heteroatoms. The minimum absolute atomic E-state index is 0.208. The zero-order chi connectivity index (χ0) is 19.6. The van der Waals surface area contributed by atoms with Gasteiger partial charge in [-0.25, -0.2) is 4.98 Å². The van der Waals surface area contributed by atoms with Crippen molar-refractivity contribution in [1.82, 2.24) is 4.98 Å². The molecule has 0 atom stereocenters. The molecule has 3 rings (SSSR count). The molecule has 0 aliphatic heterocycles. The summed E-state index contributed by atoms with van der Waals surface area (Å²) in [6, 6.07) is 15.8. The molecule has 27 heavy (non-hydrogen) atoms. The van der Waals surface area contributed by atoms with Gasteiger partial charge in [0.15, 0.2) is 11.5 Å². The predicted molar refractivity (Wildman–Crippen MR) is 107 cm³/mol. The summed E-state index contributed by atoms with van der Waals surface area (Å²) in [5, 5.41) is 9.61. The number of aryl methyl sites for hydroxylation is 2. The molecule has 0 radical (unpaired) electrons. The van der Waals surface area contributed by atoms with Crippen molar-refractivity contribution in [2.45, 2.75) is 13.8 Å². The lowest BCUT2D eigenvalue weighted by molar-refractivity contribution is 0.355. The normalized spacial score (nSPS) is 10.3. The van der Waals surface area contributed by atoms with Crippen molar-refractivity contribution in [1.29, 1.82) is 5.26 Å². The fourth-order valence-electron chi connectivity index (χ4n) is 3.15.